The number of hydrogen-bond donors (Lipinski definition) is 0. The third kappa shape index (κ3) is 4.11. The number of fused-ring (bicyclic) bond motifs is 1. The van der Waals surface area contributed by atoms with Crippen molar-refractivity contribution in [2.45, 2.75) is 23.0 Å². The van der Waals surface area contributed by atoms with Crippen LogP contribution in [0.4, 0.5) is 5.69 Å². The Morgan fingerprint density at radius 1 is 1.19 bits per heavy atom. The van der Waals surface area contributed by atoms with Gasteiger partial charge in [-0.05, 0) is 47.6 Å². The number of halogens is 1. The molecule has 0 unspecified atom stereocenters. The second-order valence-electron chi connectivity index (χ2n) is 6.01. The third-order valence-electron chi connectivity index (χ3n) is 4.31. The molecule has 2 aromatic carbocycles. The summed E-state index contributed by atoms with van der Waals surface area (Å²) in [7, 11) is 3.46. The van der Waals surface area contributed by atoms with Crippen LogP contribution >= 0.6 is 34.4 Å². The lowest BCUT2D eigenvalue weighted by atomic mass is 10.1. The van der Waals surface area contributed by atoms with Crippen molar-refractivity contribution in [1.29, 1.82) is 0 Å². The van der Waals surface area contributed by atoms with Crippen LogP contribution in [-0.2, 0) is 4.79 Å². The normalized spacial score (nSPS) is 16.3. The van der Waals surface area contributed by atoms with E-state index in [9.17, 15) is 4.79 Å². The van der Waals surface area contributed by atoms with Crippen LogP contribution in [0.15, 0.2) is 47.4 Å². The molecule has 1 atom stereocenters. The van der Waals surface area contributed by atoms with Gasteiger partial charge in [-0.3, -0.25) is 4.79 Å². The largest absolute Gasteiger partial charge is 0.497 e. The molecule has 2 aromatic rings. The summed E-state index contributed by atoms with van der Waals surface area (Å²) in [5, 5.41) is -0.343. The standard InChI is InChI=1S/C20H22INO3S/c1-22-16-7-3-4-8-18(16)26-19(20(22)23)15-13-14(24-2)9-10-17(15)25-12-6-5-11-21/h3-4,7-10,13,19H,5-6,11-12H2,1-2H3/t19-/m1/s1. The molecule has 26 heavy (non-hydrogen) atoms. The number of alkyl halides is 1. The quantitative estimate of drug-likeness (QED) is 0.312. The molecule has 3 rings (SSSR count). The SMILES string of the molecule is COc1ccc(OCCCCI)c([C@H]2Sc3ccccc3N(C)C2=O)c1. The van der Waals surface area contributed by atoms with Crippen LogP contribution in [0.5, 0.6) is 11.5 Å². The van der Waals surface area contributed by atoms with Crippen molar-refractivity contribution in [3.05, 3.63) is 48.0 Å². The van der Waals surface area contributed by atoms with Crippen LogP contribution < -0.4 is 14.4 Å². The van der Waals surface area contributed by atoms with E-state index < -0.39 is 0 Å². The molecule has 1 aliphatic rings. The average molecular weight is 483 g/mol. The summed E-state index contributed by atoms with van der Waals surface area (Å²) < 4.78 is 12.5. The number of hydrogen-bond acceptors (Lipinski definition) is 4. The van der Waals surface area contributed by atoms with E-state index in [0.29, 0.717) is 6.61 Å². The van der Waals surface area contributed by atoms with Gasteiger partial charge < -0.3 is 14.4 Å². The second-order valence-corrected chi connectivity index (χ2v) is 8.24. The smallest absolute Gasteiger partial charge is 0.244 e. The van der Waals surface area contributed by atoms with E-state index in [-0.39, 0.29) is 11.2 Å². The van der Waals surface area contributed by atoms with E-state index >= 15 is 0 Å². The number of carbonyl (C=O) groups excluding carboxylic acids is 1. The maximum Gasteiger partial charge on any atom is 0.244 e. The third-order valence-corrected chi connectivity index (χ3v) is 6.36. The minimum Gasteiger partial charge on any atom is -0.497 e. The summed E-state index contributed by atoms with van der Waals surface area (Å²) >= 11 is 3.94. The van der Waals surface area contributed by atoms with E-state index in [1.807, 2.05) is 43.4 Å². The molecule has 6 heteroatoms. The molecule has 1 heterocycles. The summed E-state index contributed by atoms with van der Waals surface area (Å²) in [6, 6.07) is 13.7. The molecule has 0 fully saturated rings. The Bertz CT molecular complexity index is 783. The molecule has 1 amide bonds. The second kappa shape index (κ2) is 8.99. The summed E-state index contributed by atoms with van der Waals surface area (Å²) in [6.45, 7) is 0.653. The first-order valence-electron chi connectivity index (χ1n) is 8.55. The van der Waals surface area contributed by atoms with Crippen molar-refractivity contribution in [3.8, 4) is 11.5 Å². The van der Waals surface area contributed by atoms with Gasteiger partial charge in [-0.25, -0.2) is 0 Å². The number of benzene rings is 2. The Labute approximate surface area is 172 Å². The topological polar surface area (TPSA) is 38.8 Å². The first kappa shape index (κ1) is 19.4. The van der Waals surface area contributed by atoms with Gasteiger partial charge in [0.1, 0.15) is 16.7 Å². The molecule has 0 aliphatic carbocycles. The lowest BCUT2D eigenvalue weighted by Crippen LogP contribution is -2.33. The van der Waals surface area contributed by atoms with Crippen molar-refractivity contribution in [3.63, 3.8) is 0 Å². The Kier molecular flexibility index (Phi) is 6.69. The molecule has 1 aliphatic heterocycles. The van der Waals surface area contributed by atoms with E-state index in [0.717, 1.165) is 44.9 Å². The molecule has 0 bridgehead atoms. The first-order valence-corrected chi connectivity index (χ1v) is 11.0. The minimum absolute atomic E-state index is 0.0547. The molecule has 138 valence electrons. The molecular formula is C20H22INO3S. The fourth-order valence-electron chi connectivity index (χ4n) is 2.87. The van der Waals surface area contributed by atoms with Crippen LogP contribution in [0.25, 0.3) is 0 Å². The highest BCUT2D eigenvalue weighted by Gasteiger charge is 2.34. The molecule has 0 N–H and O–H groups in total. The predicted octanol–water partition coefficient (Wildman–Crippen LogP) is 5.10. The Morgan fingerprint density at radius 2 is 2.00 bits per heavy atom. The highest BCUT2D eigenvalue weighted by atomic mass is 127. The first-order chi connectivity index (χ1) is 12.7. The zero-order valence-corrected chi connectivity index (χ0v) is 17.9. The van der Waals surface area contributed by atoms with Crippen LogP contribution in [-0.4, -0.2) is 31.1 Å². The fourth-order valence-corrected chi connectivity index (χ4v) is 4.72. The number of para-hydroxylation sites is 1. The zero-order valence-electron chi connectivity index (χ0n) is 14.9. The van der Waals surface area contributed by atoms with Crippen LogP contribution in [0, 0.1) is 0 Å². The number of anilines is 1. The molecule has 0 spiro atoms. The van der Waals surface area contributed by atoms with E-state index in [4.69, 9.17) is 9.47 Å². The maximum absolute atomic E-state index is 13.0. The number of ether oxygens (including phenoxy) is 2. The lowest BCUT2D eigenvalue weighted by molar-refractivity contribution is -0.118. The molecule has 0 saturated heterocycles. The summed E-state index contributed by atoms with van der Waals surface area (Å²) in [4.78, 5) is 15.9. The monoisotopic (exact) mass is 483 g/mol. The van der Waals surface area contributed by atoms with Crippen molar-refractivity contribution >= 4 is 45.9 Å². The van der Waals surface area contributed by atoms with E-state index in [1.54, 1.807) is 23.8 Å². The number of unbranched alkanes of at least 4 members (excludes halogenated alkanes) is 1. The Hall–Kier alpha value is -1.41. The Balaban J connectivity index is 1.92. The summed E-state index contributed by atoms with van der Waals surface area (Å²) in [6.07, 6.45) is 2.13. The maximum atomic E-state index is 13.0. The van der Waals surface area contributed by atoms with Gasteiger partial charge in [0.05, 0.1) is 19.4 Å². The number of thioether (sulfide) groups is 1. The zero-order chi connectivity index (χ0) is 18.5. The average Bonchev–Trinajstić information content (AvgIpc) is 2.68. The van der Waals surface area contributed by atoms with Gasteiger partial charge in [-0.2, -0.15) is 0 Å². The van der Waals surface area contributed by atoms with E-state index in [2.05, 4.69) is 28.7 Å². The number of nitrogens with zero attached hydrogens (tertiary/aromatic N) is 1. The van der Waals surface area contributed by atoms with Gasteiger partial charge in [-0.1, -0.05) is 34.7 Å². The predicted molar refractivity (Wildman–Crippen MR) is 115 cm³/mol. The van der Waals surface area contributed by atoms with Gasteiger partial charge >= 0.3 is 0 Å². The molecule has 4 nitrogen and oxygen atoms in total. The number of rotatable bonds is 7. The Morgan fingerprint density at radius 3 is 2.77 bits per heavy atom. The van der Waals surface area contributed by atoms with Crippen molar-refractivity contribution in [2.75, 3.05) is 30.1 Å². The minimum atomic E-state index is -0.343. The van der Waals surface area contributed by atoms with Crippen molar-refractivity contribution in [1.82, 2.24) is 0 Å². The highest BCUT2D eigenvalue weighted by Crippen LogP contribution is 2.48. The van der Waals surface area contributed by atoms with Gasteiger partial charge in [0, 0.05) is 17.5 Å². The molecular weight excluding hydrogens is 461 g/mol. The van der Waals surface area contributed by atoms with Crippen LogP contribution in [0.3, 0.4) is 0 Å². The highest BCUT2D eigenvalue weighted by molar-refractivity contribution is 14.1. The van der Waals surface area contributed by atoms with Gasteiger partial charge in [-0.15, -0.1) is 11.8 Å². The van der Waals surface area contributed by atoms with E-state index in [1.165, 1.54) is 0 Å². The van der Waals surface area contributed by atoms with Crippen LogP contribution in [0.2, 0.25) is 0 Å². The number of carbonyl (C=O) groups is 1. The summed E-state index contributed by atoms with van der Waals surface area (Å²) in [5.41, 5.74) is 1.82. The molecule has 0 aromatic heterocycles. The summed E-state index contributed by atoms with van der Waals surface area (Å²) in [5.74, 6) is 1.55. The fraction of sp³-hybridized carbons (Fsp3) is 0.350. The van der Waals surface area contributed by atoms with Crippen molar-refractivity contribution in [2.24, 2.45) is 0 Å². The van der Waals surface area contributed by atoms with Crippen molar-refractivity contribution < 1.29 is 14.3 Å². The number of amides is 1. The van der Waals surface area contributed by atoms with Gasteiger partial charge in [0.25, 0.3) is 0 Å². The van der Waals surface area contributed by atoms with Gasteiger partial charge in [0.2, 0.25) is 5.91 Å². The number of likely N-dealkylation sites (N-methyl/N-ethyl adjacent to an activating group) is 1. The lowest BCUT2D eigenvalue weighted by Gasteiger charge is -2.32. The molecule has 0 saturated carbocycles. The molecule has 0 radical (unpaired) electrons. The van der Waals surface area contributed by atoms with Crippen LogP contribution in [0.1, 0.15) is 23.7 Å². The van der Waals surface area contributed by atoms with Gasteiger partial charge in [0.15, 0.2) is 0 Å². The number of methoxy groups -OCH3 is 1.